The number of hydrogen-bond acceptors (Lipinski definition) is 3. The van der Waals surface area contributed by atoms with Crippen LogP contribution in [0.2, 0.25) is 0 Å². The molecule has 0 radical (unpaired) electrons. The maximum Gasteiger partial charge on any atom is 0.321 e. The van der Waals surface area contributed by atoms with E-state index in [4.69, 9.17) is 9.47 Å². The van der Waals surface area contributed by atoms with E-state index < -0.39 is 5.79 Å². The Morgan fingerprint density at radius 3 is 2.30 bits per heavy atom. The molecule has 0 aliphatic carbocycles. The van der Waals surface area contributed by atoms with Gasteiger partial charge in [-0.25, -0.2) is 4.79 Å². The van der Waals surface area contributed by atoms with E-state index in [-0.39, 0.29) is 6.03 Å². The predicted octanol–water partition coefficient (Wildman–Crippen LogP) is 3.37. The lowest BCUT2D eigenvalue weighted by atomic mass is 10.0. The SMILES string of the molecule is Cc1cc(C)c(NC(=O)N2CCC3(CC2)OCCCO3)cc1C. The molecule has 0 aromatic heterocycles. The number of aryl methyl sites for hydroxylation is 3. The zero-order valence-electron chi connectivity index (χ0n) is 14.3. The Kier molecular flexibility index (Phi) is 4.60. The number of carbonyl (C=O) groups is 1. The molecule has 2 fully saturated rings. The normalized spacial score (nSPS) is 20.6. The summed E-state index contributed by atoms with van der Waals surface area (Å²) in [5.41, 5.74) is 4.41. The minimum atomic E-state index is -0.453. The smallest absolute Gasteiger partial charge is 0.321 e. The van der Waals surface area contributed by atoms with E-state index in [1.54, 1.807) is 0 Å². The number of hydrogen-bond donors (Lipinski definition) is 1. The summed E-state index contributed by atoms with van der Waals surface area (Å²) < 4.78 is 11.6. The molecule has 1 N–H and O–H groups in total. The number of piperidine rings is 1. The van der Waals surface area contributed by atoms with E-state index in [2.05, 4.69) is 25.2 Å². The Morgan fingerprint density at radius 2 is 1.65 bits per heavy atom. The van der Waals surface area contributed by atoms with Crippen LogP contribution in [-0.4, -0.2) is 43.0 Å². The summed E-state index contributed by atoms with van der Waals surface area (Å²) >= 11 is 0. The minimum absolute atomic E-state index is 0.0398. The number of ether oxygens (including phenoxy) is 2. The summed E-state index contributed by atoms with van der Waals surface area (Å²) in [6, 6.07) is 4.11. The summed E-state index contributed by atoms with van der Waals surface area (Å²) in [5.74, 6) is -0.453. The van der Waals surface area contributed by atoms with E-state index in [1.165, 1.54) is 11.1 Å². The maximum atomic E-state index is 12.5. The van der Waals surface area contributed by atoms with Crippen molar-refractivity contribution in [1.29, 1.82) is 0 Å². The third-order valence-electron chi connectivity index (χ3n) is 4.91. The first-order valence-electron chi connectivity index (χ1n) is 8.41. The third kappa shape index (κ3) is 3.51. The number of nitrogens with zero attached hydrogens (tertiary/aromatic N) is 1. The van der Waals surface area contributed by atoms with E-state index >= 15 is 0 Å². The van der Waals surface area contributed by atoms with Crippen LogP contribution in [0.3, 0.4) is 0 Å². The lowest BCUT2D eigenvalue weighted by molar-refractivity contribution is -0.281. The fraction of sp³-hybridized carbons (Fsp3) is 0.611. The van der Waals surface area contributed by atoms with Crippen molar-refractivity contribution in [1.82, 2.24) is 4.90 Å². The van der Waals surface area contributed by atoms with Gasteiger partial charge < -0.3 is 19.7 Å². The number of carbonyl (C=O) groups excluding carboxylic acids is 1. The van der Waals surface area contributed by atoms with Gasteiger partial charge in [0.25, 0.3) is 0 Å². The van der Waals surface area contributed by atoms with Crippen molar-refractivity contribution >= 4 is 11.7 Å². The van der Waals surface area contributed by atoms with Gasteiger partial charge >= 0.3 is 6.03 Å². The molecule has 126 valence electrons. The van der Waals surface area contributed by atoms with E-state index in [9.17, 15) is 4.79 Å². The van der Waals surface area contributed by atoms with E-state index in [0.29, 0.717) is 13.1 Å². The Labute approximate surface area is 137 Å². The first kappa shape index (κ1) is 16.3. The van der Waals surface area contributed by atoms with Crippen molar-refractivity contribution < 1.29 is 14.3 Å². The van der Waals surface area contributed by atoms with Gasteiger partial charge in [-0.2, -0.15) is 0 Å². The average molecular weight is 318 g/mol. The van der Waals surface area contributed by atoms with Crippen LogP contribution < -0.4 is 5.32 Å². The van der Waals surface area contributed by atoms with Crippen LogP contribution in [0.1, 0.15) is 36.0 Å². The number of likely N-dealkylation sites (tertiary alicyclic amines) is 1. The molecule has 0 unspecified atom stereocenters. The highest BCUT2D eigenvalue weighted by molar-refractivity contribution is 5.90. The first-order chi connectivity index (χ1) is 11.0. The lowest BCUT2D eigenvalue weighted by Crippen LogP contribution is -2.52. The molecule has 1 aromatic rings. The van der Waals surface area contributed by atoms with Crippen molar-refractivity contribution in [3.63, 3.8) is 0 Å². The van der Waals surface area contributed by atoms with Crippen LogP contribution in [0.5, 0.6) is 0 Å². The van der Waals surface area contributed by atoms with Crippen molar-refractivity contribution in [2.24, 2.45) is 0 Å². The molecule has 0 bridgehead atoms. The summed E-state index contributed by atoms with van der Waals surface area (Å²) in [5, 5.41) is 3.04. The first-order valence-corrected chi connectivity index (χ1v) is 8.41. The van der Waals surface area contributed by atoms with Crippen molar-refractivity contribution in [2.75, 3.05) is 31.6 Å². The molecule has 5 heteroatoms. The van der Waals surface area contributed by atoms with Gasteiger partial charge in [0, 0.05) is 31.6 Å². The van der Waals surface area contributed by atoms with Gasteiger partial charge in [0.05, 0.1) is 13.2 Å². The molecular weight excluding hydrogens is 292 g/mol. The molecule has 2 aliphatic rings. The number of benzene rings is 1. The fourth-order valence-corrected chi connectivity index (χ4v) is 3.25. The second-order valence-electron chi connectivity index (χ2n) is 6.63. The number of amides is 2. The Morgan fingerprint density at radius 1 is 1.04 bits per heavy atom. The van der Waals surface area contributed by atoms with Gasteiger partial charge in [-0.15, -0.1) is 0 Å². The molecular formula is C18H26N2O3. The quantitative estimate of drug-likeness (QED) is 0.863. The summed E-state index contributed by atoms with van der Waals surface area (Å²) in [6.07, 6.45) is 2.44. The molecule has 1 spiro atoms. The number of anilines is 1. The molecule has 5 nitrogen and oxygen atoms in total. The molecule has 2 heterocycles. The van der Waals surface area contributed by atoms with Crippen LogP contribution in [0.15, 0.2) is 12.1 Å². The van der Waals surface area contributed by atoms with Gasteiger partial charge in [-0.1, -0.05) is 6.07 Å². The van der Waals surface area contributed by atoms with Crippen LogP contribution in [-0.2, 0) is 9.47 Å². The van der Waals surface area contributed by atoms with Gasteiger partial charge in [-0.05, 0) is 49.9 Å². The molecule has 0 atom stereocenters. The number of urea groups is 1. The fourth-order valence-electron chi connectivity index (χ4n) is 3.25. The number of nitrogens with one attached hydrogen (secondary N) is 1. The number of rotatable bonds is 1. The van der Waals surface area contributed by atoms with Crippen molar-refractivity contribution in [2.45, 2.75) is 45.8 Å². The van der Waals surface area contributed by atoms with Crippen molar-refractivity contribution in [3.8, 4) is 0 Å². The molecule has 0 saturated carbocycles. The van der Waals surface area contributed by atoms with Crippen LogP contribution >= 0.6 is 0 Å². The molecule has 1 aromatic carbocycles. The maximum absolute atomic E-state index is 12.5. The largest absolute Gasteiger partial charge is 0.350 e. The lowest BCUT2D eigenvalue weighted by Gasteiger charge is -2.43. The monoisotopic (exact) mass is 318 g/mol. The molecule has 23 heavy (non-hydrogen) atoms. The van der Waals surface area contributed by atoms with Gasteiger partial charge in [0.15, 0.2) is 5.79 Å². The topological polar surface area (TPSA) is 50.8 Å². The zero-order valence-corrected chi connectivity index (χ0v) is 14.3. The molecule has 2 saturated heterocycles. The van der Waals surface area contributed by atoms with Crippen LogP contribution in [0.25, 0.3) is 0 Å². The highest BCUT2D eigenvalue weighted by Crippen LogP contribution is 2.31. The third-order valence-corrected chi connectivity index (χ3v) is 4.91. The Hall–Kier alpha value is -1.59. The summed E-state index contributed by atoms with van der Waals surface area (Å²) in [7, 11) is 0. The Bertz CT molecular complexity index is 584. The average Bonchev–Trinajstić information content (AvgIpc) is 2.54. The minimum Gasteiger partial charge on any atom is -0.350 e. The molecule has 3 rings (SSSR count). The second-order valence-corrected chi connectivity index (χ2v) is 6.63. The summed E-state index contributed by atoms with van der Waals surface area (Å²) in [4.78, 5) is 14.4. The van der Waals surface area contributed by atoms with Gasteiger partial charge in [-0.3, -0.25) is 0 Å². The van der Waals surface area contributed by atoms with E-state index in [0.717, 1.165) is 43.7 Å². The zero-order chi connectivity index (χ0) is 16.4. The standard InChI is InChI=1S/C18H26N2O3/c1-13-11-15(3)16(12-14(13)2)19-17(21)20-7-5-18(6-8-20)22-9-4-10-23-18/h11-12H,4-10H2,1-3H3,(H,19,21). The van der Waals surface area contributed by atoms with Crippen molar-refractivity contribution in [3.05, 3.63) is 28.8 Å². The predicted molar refractivity (Wildman–Crippen MR) is 89.7 cm³/mol. The van der Waals surface area contributed by atoms with Crippen LogP contribution in [0, 0.1) is 20.8 Å². The Balaban J connectivity index is 1.60. The molecule has 2 aliphatic heterocycles. The van der Waals surface area contributed by atoms with Crippen LogP contribution in [0.4, 0.5) is 10.5 Å². The van der Waals surface area contributed by atoms with E-state index in [1.807, 2.05) is 17.9 Å². The highest BCUT2D eigenvalue weighted by atomic mass is 16.7. The highest BCUT2D eigenvalue weighted by Gasteiger charge is 2.39. The molecule has 2 amide bonds. The summed E-state index contributed by atoms with van der Waals surface area (Å²) in [6.45, 7) is 9.01. The van der Waals surface area contributed by atoms with Gasteiger partial charge in [0.1, 0.15) is 0 Å². The van der Waals surface area contributed by atoms with Gasteiger partial charge in [0.2, 0.25) is 0 Å². The second kappa shape index (κ2) is 6.49.